The summed E-state index contributed by atoms with van der Waals surface area (Å²) in [7, 11) is 0. The fourth-order valence-corrected chi connectivity index (χ4v) is 2.20. The minimum Gasteiger partial charge on any atom is -0.317 e. The SMILES string of the molecule is CC1(CC2CCNCC2)CC1. The maximum Gasteiger partial charge on any atom is -0.00463 e. The summed E-state index contributed by atoms with van der Waals surface area (Å²) in [6.45, 7) is 4.98. The second-order valence-corrected chi connectivity index (χ2v) is 4.71. The monoisotopic (exact) mass is 153 g/mol. The fraction of sp³-hybridized carbons (Fsp3) is 1.00. The van der Waals surface area contributed by atoms with Crippen LogP contribution in [-0.2, 0) is 0 Å². The van der Waals surface area contributed by atoms with Crippen molar-refractivity contribution < 1.29 is 0 Å². The van der Waals surface area contributed by atoms with E-state index in [2.05, 4.69) is 12.2 Å². The standard InChI is InChI=1S/C10H19N/c1-10(4-5-10)8-9-2-6-11-7-3-9/h9,11H,2-8H2,1H3. The Bertz CT molecular complexity index is 132. The van der Waals surface area contributed by atoms with Crippen LogP contribution in [0.1, 0.15) is 39.0 Å². The third-order valence-corrected chi connectivity index (χ3v) is 3.34. The van der Waals surface area contributed by atoms with Crippen molar-refractivity contribution in [1.29, 1.82) is 0 Å². The maximum absolute atomic E-state index is 3.42. The van der Waals surface area contributed by atoms with E-state index in [1.807, 2.05) is 0 Å². The van der Waals surface area contributed by atoms with Crippen LogP contribution in [0.3, 0.4) is 0 Å². The summed E-state index contributed by atoms with van der Waals surface area (Å²) in [5.41, 5.74) is 0.780. The van der Waals surface area contributed by atoms with Crippen molar-refractivity contribution in [2.45, 2.75) is 39.0 Å². The minimum atomic E-state index is 0.780. The van der Waals surface area contributed by atoms with Gasteiger partial charge in [0, 0.05) is 0 Å². The van der Waals surface area contributed by atoms with Crippen LogP contribution in [0.15, 0.2) is 0 Å². The van der Waals surface area contributed by atoms with Crippen molar-refractivity contribution in [1.82, 2.24) is 5.32 Å². The highest BCUT2D eigenvalue weighted by Gasteiger charge is 2.38. The lowest BCUT2D eigenvalue weighted by molar-refractivity contribution is 0.298. The molecule has 1 aliphatic heterocycles. The first-order valence-corrected chi connectivity index (χ1v) is 4.99. The van der Waals surface area contributed by atoms with Gasteiger partial charge in [0.2, 0.25) is 0 Å². The molecule has 2 fully saturated rings. The maximum atomic E-state index is 3.42. The van der Waals surface area contributed by atoms with Crippen molar-refractivity contribution in [2.75, 3.05) is 13.1 Å². The zero-order chi connectivity index (χ0) is 7.73. The lowest BCUT2D eigenvalue weighted by atomic mass is 9.87. The van der Waals surface area contributed by atoms with Crippen LogP contribution in [0.5, 0.6) is 0 Å². The number of nitrogens with one attached hydrogen (secondary N) is 1. The van der Waals surface area contributed by atoms with Gasteiger partial charge in [-0.2, -0.15) is 0 Å². The van der Waals surface area contributed by atoms with Gasteiger partial charge in [-0.15, -0.1) is 0 Å². The van der Waals surface area contributed by atoms with Gasteiger partial charge in [-0.05, 0) is 56.5 Å². The predicted octanol–water partition coefficient (Wildman–Crippen LogP) is 2.18. The van der Waals surface area contributed by atoms with Crippen molar-refractivity contribution in [3.63, 3.8) is 0 Å². The van der Waals surface area contributed by atoms with Crippen LogP contribution < -0.4 is 5.32 Å². The lowest BCUT2D eigenvalue weighted by Crippen LogP contribution is -2.28. The van der Waals surface area contributed by atoms with Crippen LogP contribution in [0.4, 0.5) is 0 Å². The van der Waals surface area contributed by atoms with Gasteiger partial charge in [-0.1, -0.05) is 6.92 Å². The molecule has 11 heavy (non-hydrogen) atoms. The van der Waals surface area contributed by atoms with E-state index in [-0.39, 0.29) is 0 Å². The number of hydrogen-bond donors (Lipinski definition) is 1. The Kier molecular flexibility index (Phi) is 1.92. The zero-order valence-corrected chi connectivity index (χ0v) is 7.53. The van der Waals surface area contributed by atoms with Crippen LogP contribution >= 0.6 is 0 Å². The molecule has 0 aromatic rings. The molecule has 0 atom stereocenters. The Morgan fingerprint density at radius 1 is 1.27 bits per heavy atom. The first-order chi connectivity index (χ1) is 5.29. The molecular weight excluding hydrogens is 134 g/mol. The van der Waals surface area contributed by atoms with E-state index < -0.39 is 0 Å². The molecule has 1 aliphatic carbocycles. The molecule has 0 aromatic heterocycles. The molecule has 0 radical (unpaired) electrons. The van der Waals surface area contributed by atoms with E-state index in [4.69, 9.17) is 0 Å². The highest BCUT2D eigenvalue weighted by molar-refractivity contribution is 4.90. The second kappa shape index (κ2) is 2.78. The Morgan fingerprint density at radius 2 is 1.91 bits per heavy atom. The van der Waals surface area contributed by atoms with Gasteiger partial charge in [0.25, 0.3) is 0 Å². The van der Waals surface area contributed by atoms with Gasteiger partial charge in [0.05, 0.1) is 0 Å². The average Bonchev–Trinajstić information content (AvgIpc) is 2.70. The summed E-state index contributed by atoms with van der Waals surface area (Å²) in [6.07, 6.45) is 7.35. The van der Waals surface area contributed by atoms with E-state index >= 15 is 0 Å². The molecule has 1 heteroatoms. The molecule has 0 spiro atoms. The predicted molar refractivity (Wildman–Crippen MR) is 47.6 cm³/mol. The Morgan fingerprint density at radius 3 is 2.45 bits per heavy atom. The summed E-state index contributed by atoms with van der Waals surface area (Å²) in [5, 5.41) is 3.42. The van der Waals surface area contributed by atoms with Crippen molar-refractivity contribution in [2.24, 2.45) is 11.3 Å². The van der Waals surface area contributed by atoms with E-state index in [9.17, 15) is 0 Å². The van der Waals surface area contributed by atoms with Crippen molar-refractivity contribution in [3.8, 4) is 0 Å². The highest BCUT2D eigenvalue weighted by Crippen LogP contribution is 2.50. The first kappa shape index (κ1) is 7.60. The van der Waals surface area contributed by atoms with Gasteiger partial charge < -0.3 is 5.32 Å². The molecule has 1 saturated heterocycles. The minimum absolute atomic E-state index is 0.780. The van der Waals surface area contributed by atoms with E-state index in [0.29, 0.717) is 0 Å². The zero-order valence-electron chi connectivity index (χ0n) is 7.53. The van der Waals surface area contributed by atoms with Gasteiger partial charge in [-0.25, -0.2) is 0 Å². The normalized spacial score (nSPS) is 30.3. The molecule has 64 valence electrons. The third kappa shape index (κ3) is 1.96. The van der Waals surface area contributed by atoms with Gasteiger partial charge in [0.15, 0.2) is 0 Å². The van der Waals surface area contributed by atoms with Gasteiger partial charge >= 0.3 is 0 Å². The van der Waals surface area contributed by atoms with Crippen molar-refractivity contribution >= 4 is 0 Å². The summed E-state index contributed by atoms with van der Waals surface area (Å²) >= 11 is 0. The molecule has 1 saturated carbocycles. The Labute approximate surface area is 69.6 Å². The molecule has 1 nitrogen and oxygen atoms in total. The fourth-order valence-electron chi connectivity index (χ4n) is 2.20. The largest absolute Gasteiger partial charge is 0.317 e. The number of rotatable bonds is 2. The smallest absolute Gasteiger partial charge is 0.00463 e. The van der Waals surface area contributed by atoms with Crippen LogP contribution in [0.25, 0.3) is 0 Å². The van der Waals surface area contributed by atoms with Crippen LogP contribution in [-0.4, -0.2) is 13.1 Å². The molecular formula is C10H19N. The van der Waals surface area contributed by atoms with Gasteiger partial charge in [0.1, 0.15) is 0 Å². The summed E-state index contributed by atoms with van der Waals surface area (Å²) in [5.74, 6) is 1.05. The highest BCUT2D eigenvalue weighted by atomic mass is 14.9. The average molecular weight is 153 g/mol. The van der Waals surface area contributed by atoms with Crippen molar-refractivity contribution in [3.05, 3.63) is 0 Å². The van der Waals surface area contributed by atoms with E-state index in [0.717, 1.165) is 11.3 Å². The lowest BCUT2D eigenvalue weighted by Gasteiger charge is -2.25. The molecule has 0 unspecified atom stereocenters. The first-order valence-electron chi connectivity index (χ1n) is 4.99. The van der Waals surface area contributed by atoms with E-state index in [1.165, 1.54) is 45.2 Å². The quantitative estimate of drug-likeness (QED) is 0.641. The molecule has 2 rings (SSSR count). The Hall–Kier alpha value is -0.0400. The molecule has 1 N–H and O–H groups in total. The van der Waals surface area contributed by atoms with Crippen LogP contribution in [0.2, 0.25) is 0 Å². The molecule has 0 bridgehead atoms. The molecule has 2 aliphatic rings. The number of piperidine rings is 1. The van der Waals surface area contributed by atoms with Crippen LogP contribution in [0, 0.1) is 11.3 Å². The van der Waals surface area contributed by atoms with E-state index in [1.54, 1.807) is 0 Å². The Balaban J connectivity index is 1.76. The third-order valence-electron chi connectivity index (χ3n) is 3.34. The summed E-state index contributed by atoms with van der Waals surface area (Å²) in [6, 6.07) is 0. The molecule has 0 amide bonds. The van der Waals surface area contributed by atoms with Gasteiger partial charge in [-0.3, -0.25) is 0 Å². The summed E-state index contributed by atoms with van der Waals surface area (Å²) < 4.78 is 0. The summed E-state index contributed by atoms with van der Waals surface area (Å²) in [4.78, 5) is 0. The second-order valence-electron chi connectivity index (χ2n) is 4.71. The number of hydrogen-bond acceptors (Lipinski definition) is 1. The molecule has 1 heterocycles. The molecule has 0 aromatic carbocycles. The topological polar surface area (TPSA) is 12.0 Å².